The Labute approximate surface area is 165 Å². The highest BCUT2D eigenvalue weighted by Gasteiger charge is 2.25. The van der Waals surface area contributed by atoms with Gasteiger partial charge in [-0.3, -0.25) is 4.99 Å². The Bertz CT molecular complexity index is 353. The van der Waals surface area contributed by atoms with Gasteiger partial charge in [0.05, 0.1) is 12.6 Å². The topological polar surface area (TPSA) is 48.9 Å². The molecule has 2 aliphatic rings. The number of aliphatic imine (C=N–C) groups is 1. The van der Waals surface area contributed by atoms with Crippen LogP contribution in [0.4, 0.5) is 0 Å². The smallest absolute Gasteiger partial charge is 0.191 e. The highest BCUT2D eigenvalue weighted by atomic mass is 127. The molecule has 1 saturated carbocycles. The maximum absolute atomic E-state index is 5.69. The quantitative estimate of drug-likeness (QED) is 0.355. The van der Waals surface area contributed by atoms with Gasteiger partial charge in [-0.2, -0.15) is 0 Å². The Morgan fingerprint density at radius 3 is 2.46 bits per heavy atom. The first-order valence-corrected chi connectivity index (χ1v) is 9.51. The van der Waals surface area contributed by atoms with Crippen molar-refractivity contribution in [3.8, 4) is 0 Å². The molecule has 0 radical (unpaired) electrons. The van der Waals surface area contributed by atoms with E-state index in [1.807, 2.05) is 0 Å². The number of hydrogen-bond donors (Lipinski definition) is 2. The van der Waals surface area contributed by atoms with Crippen molar-refractivity contribution in [3.05, 3.63) is 0 Å². The van der Waals surface area contributed by atoms with E-state index in [1.165, 1.54) is 38.5 Å². The Balaban J connectivity index is 0.00000288. The molecule has 0 aromatic rings. The minimum Gasteiger partial charge on any atom is -0.376 e. The van der Waals surface area contributed by atoms with Gasteiger partial charge in [-0.25, -0.2) is 0 Å². The maximum atomic E-state index is 5.69. The molecule has 1 aliphatic heterocycles. The number of likely N-dealkylation sites (N-methyl/N-ethyl adjacent to an activating group) is 1. The summed E-state index contributed by atoms with van der Waals surface area (Å²) in [6, 6.07) is 0.550. The molecule has 2 N–H and O–H groups in total. The zero-order chi connectivity index (χ0) is 16.5. The van der Waals surface area contributed by atoms with Gasteiger partial charge in [0.2, 0.25) is 0 Å². The summed E-state index contributed by atoms with van der Waals surface area (Å²) in [4.78, 5) is 7.23. The van der Waals surface area contributed by atoms with E-state index in [-0.39, 0.29) is 24.0 Å². The van der Waals surface area contributed by atoms with Gasteiger partial charge in [0.1, 0.15) is 0 Å². The van der Waals surface area contributed by atoms with Gasteiger partial charge >= 0.3 is 0 Å². The summed E-state index contributed by atoms with van der Waals surface area (Å²) in [7, 11) is 4.39. The Morgan fingerprint density at radius 1 is 1.12 bits per heavy atom. The van der Waals surface area contributed by atoms with Crippen molar-refractivity contribution >= 4 is 29.9 Å². The van der Waals surface area contributed by atoms with Gasteiger partial charge in [-0.1, -0.05) is 19.3 Å². The van der Waals surface area contributed by atoms with Crippen LogP contribution in [-0.2, 0) is 4.74 Å². The first kappa shape index (κ1) is 22.0. The summed E-state index contributed by atoms with van der Waals surface area (Å²) in [6.45, 7) is 5.66. The maximum Gasteiger partial charge on any atom is 0.191 e. The minimum absolute atomic E-state index is 0. The Morgan fingerprint density at radius 2 is 1.88 bits per heavy atom. The Kier molecular flexibility index (Phi) is 11.3. The second-order valence-electron chi connectivity index (χ2n) is 7.16. The third-order valence-corrected chi connectivity index (χ3v) is 5.16. The highest BCUT2D eigenvalue weighted by molar-refractivity contribution is 14.0. The van der Waals surface area contributed by atoms with Crippen LogP contribution in [0.25, 0.3) is 0 Å². The van der Waals surface area contributed by atoms with E-state index in [1.54, 1.807) is 0 Å². The molecule has 2 rings (SSSR count). The molecule has 2 fully saturated rings. The van der Waals surface area contributed by atoms with Gasteiger partial charge in [0.25, 0.3) is 0 Å². The van der Waals surface area contributed by atoms with Crippen LogP contribution < -0.4 is 10.6 Å². The lowest BCUT2D eigenvalue weighted by Gasteiger charge is -2.34. The molecule has 1 heterocycles. The van der Waals surface area contributed by atoms with Crippen LogP contribution in [-0.4, -0.2) is 63.3 Å². The van der Waals surface area contributed by atoms with E-state index in [0.29, 0.717) is 12.1 Å². The highest BCUT2D eigenvalue weighted by Crippen LogP contribution is 2.28. The molecule has 2 unspecified atom stereocenters. The molecule has 0 amide bonds. The molecule has 1 aliphatic carbocycles. The molecule has 2 atom stereocenters. The van der Waals surface area contributed by atoms with Crippen LogP contribution in [0.2, 0.25) is 0 Å². The number of ether oxygens (including phenoxy) is 1. The van der Waals surface area contributed by atoms with Crippen molar-refractivity contribution in [2.24, 2.45) is 10.9 Å². The lowest BCUT2D eigenvalue weighted by atomic mass is 9.83. The van der Waals surface area contributed by atoms with Crippen molar-refractivity contribution < 1.29 is 4.74 Å². The zero-order valence-corrected chi connectivity index (χ0v) is 18.1. The van der Waals surface area contributed by atoms with E-state index in [4.69, 9.17) is 9.73 Å². The van der Waals surface area contributed by atoms with Crippen LogP contribution in [0, 0.1) is 5.92 Å². The molecule has 6 heteroatoms. The summed E-state index contributed by atoms with van der Waals surface area (Å²) in [5, 5.41) is 6.82. The number of guanidine groups is 1. The summed E-state index contributed by atoms with van der Waals surface area (Å²) in [5.74, 6) is 1.73. The molecule has 0 aromatic heterocycles. The molecule has 0 bridgehead atoms. The molecule has 0 aromatic carbocycles. The first-order valence-electron chi connectivity index (χ1n) is 9.51. The van der Waals surface area contributed by atoms with Gasteiger partial charge in [-0.05, 0) is 52.6 Å². The molecule has 5 nitrogen and oxygen atoms in total. The van der Waals surface area contributed by atoms with Gasteiger partial charge in [0, 0.05) is 25.7 Å². The molecule has 1 saturated heterocycles. The predicted molar refractivity (Wildman–Crippen MR) is 112 cm³/mol. The third kappa shape index (κ3) is 7.44. The summed E-state index contributed by atoms with van der Waals surface area (Å²) < 4.78 is 5.69. The van der Waals surface area contributed by atoms with Gasteiger partial charge in [-0.15, -0.1) is 24.0 Å². The van der Waals surface area contributed by atoms with Crippen LogP contribution in [0.15, 0.2) is 4.99 Å². The lowest BCUT2D eigenvalue weighted by molar-refractivity contribution is 0.113. The number of nitrogens with one attached hydrogen (secondary N) is 2. The van der Waals surface area contributed by atoms with E-state index >= 15 is 0 Å². The second-order valence-corrected chi connectivity index (χ2v) is 7.16. The zero-order valence-electron chi connectivity index (χ0n) is 15.7. The standard InChI is InChI=1S/C18H36N4O.HI/c1-4-19-18(20-13-16-11-8-12-23-16)21-14-17(22(2)3)15-9-6-5-7-10-15;/h15-17H,4-14H2,1-3H3,(H2,19,20,21);1H. The van der Waals surface area contributed by atoms with Crippen molar-refractivity contribution in [2.45, 2.75) is 64.0 Å². The average Bonchev–Trinajstić information content (AvgIpc) is 3.07. The Hall–Kier alpha value is -0.0800. The van der Waals surface area contributed by atoms with Crippen molar-refractivity contribution in [3.63, 3.8) is 0 Å². The fourth-order valence-corrected chi connectivity index (χ4v) is 3.80. The van der Waals surface area contributed by atoms with E-state index in [2.05, 4.69) is 36.6 Å². The van der Waals surface area contributed by atoms with Crippen LogP contribution in [0.5, 0.6) is 0 Å². The summed E-state index contributed by atoms with van der Waals surface area (Å²) in [5.41, 5.74) is 0. The van der Waals surface area contributed by atoms with Crippen molar-refractivity contribution in [1.29, 1.82) is 0 Å². The monoisotopic (exact) mass is 452 g/mol. The van der Waals surface area contributed by atoms with E-state index in [0.717, 1.165) is 44.5 Å². The molecule has 0 spiro atoms. The van der Waals surface area contributed by atoms with Crippen molar-refractivity contribution in [1.82, 2.24) is 15.5 Å². The van der Waals surface area contributed by atoms with E-state index in [9.17, 15) is 0 Å². The SMILES string of the molecule is CCNC(=NCC(C1CCCCC1)N(C)C)NCC1CCCO1.I. The summed E-state index contributed by atoms with van der Waals surface area (Å²) >= 11 is 0. The third-order valence-electron chi connectivity index (χ3n) is 5.16. The van der Waals surface area contributed by atoms with Gasteiger partial charge in [0.15, 0.2) is 5.96 Å². The van der Waals surface area contributed by atoms with E-state index < -0.39 is 0 Å². The van der Waals surface area contributed by atoms with Gasteiger partial charge < -0.3 is 20.3 Å². The second kappa shape index (κ2) is 12.3. The molecular weight excluding hydrogens is 415 g/mol. The fourth-order valence-electron chi connectivity index (χ4n) is 3.80. The molecule has 24 heavy (non-hydrogen) atoms. The predicted octanol–water partition coefficient (Wildman–Crippen LogP) is 2.85. The number of halogens is 1. The fraction of sp³-hybridized carbons (Fsp3) is 0.944. The van der Waals surface area contributed by atoms with Crippen LogP contribution >= 0.6 is 24.0 Å². The largest absolute Gasteiger partial charge is 0.376 e. The van der Waals surface area contributed by atoms with Crippen LogP contribution in [0.3, 0.4) is 0 Å². The molecule has 142 valence electrons. The average molecular weight is 452 g/mol. The normalized spacial score (nSPS) is 23.8. The van der Waals surface area contributed by atoms with Crippen molar-refractivity contribution in [2.75, 3.05) is 40.3 Å². The number of rotatable bonds is 7. The lowest BCUT2D eigenvalue weighted by Crippen LogP contribution is -2.43. The first-order chi connectivity index (χ1) is 11.2. The summed E-state index contributed by atoms with van der Waals surface area (Å²) in [6.07, 6.45) is 9.59. The number of nitrogens with zero attached hydrogens (tertiary/aromatic N) is 2. The minimum atomic E-state index is 0. The molecular formula is C18H37IN4O. The number of hydrogen-bond acceptors (Lipinski definition) is 3. The van der Waals surface area contributed by atoms with Crippen LogP contribution in [0.1, 0.15) is 51.9 Å².